The van der Waals surface area contributed by atoms with Gasteiger partial charge in [0.25, 0.3) is 0 Å². The third-order valence-corrected chi connectivity index (χ3v) is 4.91. The number of likely N-dealkylation sites (tertiary alicyclic amines) is 1. The summed E-state index contributed by atoms with van der Waals surface area (Å²) < 4.78 is 5.33. The molecule has 1 aliphatic heterocycles. The van der Waals surface area contributed by atoms with Gasteiger partial charge in [0, 0.05) is 43.6 Å². The number of nitrogens with zero attached hydrogens (tertiary/aromatic N) is 3. The van der Waals surface area contributed by atoms with Crippen LogP contribution in [-0.2, 0) is 11.3 Å². The topological polar surface area (TPSA) is 110 Å². The SMILES string of the molecule is CC(C)(C)OC(=O)NC1CCN(Cc2ccc(Nc3ncccc3[N+](=O)[O-])cc2)CC1. The molecule has 0 unspecified atom stereocenters. The molecule has 0 aliphatic carbocycles. The van der Waals surface area contributed by atoms with Crippen molar-refractivity contribution in [3.63, 3.8) is 0 Å². The van der Waals surface area contributed by atoms with Crippen molar-refractivity contribution in [2.24, 2.45) is 0 Å². The van der Waals surface area contributed by atoms with Gasteiger partial charge in [0.05, 0.1) is 4.92 Å². The molecule has 166 valence electrons. The van der Waals surface area contributed by atoms with E-state index in [4.69, 9.17) is 4.74 Å². The fraction of sp³-hybridized carbons (Fsp3) is 0.455. The third-order valence-electron chi connectivity index (χ3n) is 4.91. The summed E-state index contributed by atoms with van der Waals surface area (Å²) in [7, 11) is 0. The van der Waals surface area contributed by atoms with Gasteiger partial charge in [-0.2, -0.15) is 0 Å². The summed E-state index contributed by atoms with van der Waals surface area (Å²) in [4.78, 5) is 29.0. The molecular formula is C22H29N5O4. The lowest BCUT2D eigenvalue weighted by Gasteiger charge is -2.32. The quantitative estimate of drug-likeness (QED) is 0.524. The average molecular weight is 428 g/mol. The molecule has 1 aromatic heterocycles. The molecule has 1 saturated heterocycles. The maximum Gasteiger partial charge on any atom is 0.407 e. The summed E-state index contributed by atoms with van der Waals surface area (Å²) in [5.74, 6) is 0.222. The molecule has 9 nitrogen and oxygen atoms in total. The molecule has 0 spiro atoms. The van der Waals surface area contributed by atoms with E-state index in [1.165, 1.54) is 12.3 Å². The first-order valence-corrected chi connectivity index (χ1v) is 10.4. The van der Waals surface area contributed by atoms with Gasteiger partial charge in [-0.05, 0) is 57.4 Å². The van der Waals surface area contributed by atoms with E-state index in [9.17, 15) is 14.9 Å². The Morgan fingerprint density at radius 2 is 1.90 bits per heavy atom. The Bertz CT molecular complexity index is 903. The number of rotatable bonds is 6. The molecule has 0 radical (unpaired) electrons. The highest BCUT2D eigenvalue weighted by Crippen LogP contribution is 2.25. The third kappa shape index (κ3) is 6.92. The van der Waals surface area contributed by atoms with Crippen LogP contribution in [0.1, 0.15) is 39.2 Å². The van der Waals surface area contributed by atoms with E-state index in [0.717, 1.165) is 43.7 Å². The first-order valence-electron chi connectivity index (χ1n) is 10.4. The fourth-order valence-corrected chi connectivity index (χ4v) is 3.44. The monoisotopic (exact) mass is 427 g/mol. The molecule has 0 bridgehead atoms. The van der Waals surface area contributed by atoms with Crippen LogP contribution in [0.5, 0.6) is 0 Å². The molecule has 9 heteroatoms. The molecule has 1 amide bonds. The Hall–Kier alpha value is -3.20. The molecule has 1 aliphatic rings. The number of alkyl carbamates (subject to hydrolysis) is 1. The number of aromatic nitrogens is 1. The van der Waals surface area contributed by atoms with E-state index in [2.05, 4.69) is 20.5 Å². The van der Waals surface area contributed by atoms with Crippen LogP contribution >= 0.6 is 0 Å². The van der Waals surface area contributed by atoms with Gasteiger partial charge < -0.3 is 15.4 Å². The minimum atomic E-state index is -0.493. The number of pyridine rings is 1. The molecular weight excluding hydrogens is 398 g/mol. The van der Waals surface area contributed by atoms with Crippen molar-refractivity contribution in [3.05, 3.63) is 58.3 Å². The van der Waals surface area contributed by atoms with Crippen LogP contribution in [-0.4, -0.2) is 45.6 Å². The van der Waals surface area contributed by atoms with Crippen LogP contribution in [0, 0.1) is 10.1 Å². The lowest BCUT2D eigenvalue weighted by atomic mass is 10.0. The second-order valence-corrected chi connectivity index (χ2v) is 8.65. The second kappa shape index (κ2) is 9.74. The Balaban J connectivity index is 1.48. The Morgan fingerprint density at radius 1 is 1.23 bits per heavy atom. The Morgan fingerprint density at radius 3 is 2.52 bits per heavy atom. The number of piperidine rings is 1. The van der Waals surface area contributed by atoms with Crippen molar-refractivity contribution in [2.45, 2.75) is 51.8 Å². The average Bonchev–Trinajstić information content (AvgIpc) is 2.70. The van der Waals surface area contributed by atoms with Crippen LogP contribution in [0.15, 0.2) is 42.6 Å². The molecule has 1 fully saturated rings. The highest BCUT2D eigenvalue weighted by atomic mass is 16.6. The normalized spacial score (nSPS) is 15.3. The van der Waals surface area contributed by atoms with Gasteiger partial charge >= 0.3 is 11.8 Å². The van der Waals surface area contributed by atoms with E-state index < -0.39 is 10.5 Å². The number of carbonyl (C=O) groups is 1. The minimum Gasteiger partial charge on any atom is -0.444 e. The lowest BCUT2D eigenvalue weighted by molar-refractivity contribution is -0.384. The standard InChI is InChI=1S/C22H29N5O4/c1-22(2,3)31-21(28)25-18-10-13-26(14-11-18)15-16-6-8-17(9-7-16)24-20-19(27(29)30)5-4-12-23-20/h4-9,12,18H,10-11,13-15H2,1-3H3,(H,23,24)(H,25,28). The predicted molar refractivity (Wildman–Crippen MR) is 118 cm³/mol. The number of ether oxygens (including phenoxy) is 1. The lowest BCUT2D eigenvalue weighted by Crippen LogP contribution is -2.45. The number of nitrogens with one attached hydrogen (secondary N) is 2. The van der Waals surface area contributed by atoms with Crippen molar-refractivity contribution in [1.82, 2.24) is 15.2 Å². The van der Waals surface area contributed by atoms with E-state index >= 15 is 0 Å². The van der Waals surface area contributed by atoms with Crippen LogP contribution < -0.4 is 10.6 Å². The van der Waals surface area contributed by atoms with E-state index in [1.54, 1.807) is 6.07 Å². The smallest absolute Gasteiger partial charge is 0.407 e. The summed E-state index contributed by atoms with van der Waals surface area (Å²) in [5.41, 5.74) is 1.34. The van der Waals surface area contributed by atoms with Gasteiger partial charge in [0.15, 0.2) is 0 Å². The van der Waals surface area contributed by atoms with Crippen molar-refractivity contribution in [3.8, 4) is 0 Å². The maximum atomic E-state index is 11.9. The van der Waals surface area contributed by atoms with Crippen molar-refractivity contribution >= 4 is 23.3 Å². The molecule has 2 N–H and O–H groups in total. The van der Waals surface area contributed by atoms with Crippen molar-refractivity contribution in [1.29, 1.82) is 0 Å². The summed E-state index contributed by atoms with van der Waals surface area (Å²) in [6.45, 7) is 8.15. The molecule has 0 saturated carbocycles. The number of benzene rings is 1. The number of anilines is 2. The zero-order chi connectivity index (χ0) is 22.4. The Kier molecular flexibility index (Phi) is 7.06. The molecule has 2 aromatic rings. The van der Waals surface area contributed by atoms with Gasteiger partial charge in [0.2, 0.25) is 5.82 Å². The first-order chi connectivity index (χ1) is 14.7. The van der Waals surface area contributed by atoms with E-state index in [-0.39, 0.29) is 23.6 Å². The number of carbonyl (C=O) groups excluding carboxylic acids is 1. The number of hydrogen-bond acceptors (Lipinski definition) is 7. The van der Waals surface area contributed by atoms with Gasteiger partial charge in [0.1, 0.15) is 5.60 Å². The van der Waals surface area contributed by atoms with Crippen molar-refractivity contribution < 1.29 is 14.5 Å². The predicted octanol–water partition coefficient (Wildman–Crippen LogP) is 4.22. The molecule has 31 heavy (non-hydrogen) atoms. The molecule has 3 rings (SSSR count). The summed E-state index contributed by atoms with van der Waals surface area (Å²) in [6.07, 6.45) is 2.91. The van der Waals surface area contributed by atoms with Crippen LogP contribution in [0.3, 0.4) is 0 Å². The van der Waals surface area contributed by atoms with Crippen molar-refractivity contribution in [2.75, 3.05) is 18.4 Å². The highest BCUT2D eigenvalue weighted by Gasteiger charge is 2.23. The van der Waals surface area contributed by atoms with E-state index in [0.29, 0.717) is 0 Å². The number of amides is 1. The summed E-state index contributed by atoms with van der Waals surface area (Å²) in [5, 5.41) is 17.1. The Labute approximate surface area is 182 Å². The van der Waals surface area contributed by atoms with Crippen LogP contribution in [0.2, 0.25) is 0 Å². The summed E-state index contributed by atoms with van der Waals surface area (Å²) >= 11 is 0. The summed E-state index contributed by atoms with van der Waals surface area (Å²) in [6, 6.07) is 10.9. The minimum absolute atomic E-state index is 0.0607. The zero-order valence-electron chi connectivity index (χ0n) is 18.1. The van der Waals surface area contributed by atoms with Gasteiger partial charge in [-0.15, -0.1) is 0 Å². The van der Waals surface area contributed by atoms with Crippen LogP contribution in [0.4, 0.5) is 22.0 Å². The van der Waals surface area contributed by atoms with Gasteiger partial charge in [-0.25, -0.2) is 9.78 Å². The fourth-order valence-electron chi connectivity index (χ4n) is 3.44. The second-order valence-electron chi connectivity index (χ2n) is 8.65. The number of nitro groups is 1. The maximum absolute atomic E-state index is 11.9. The zero-order valence-corrected chi connectivity index (χ0v) is 18.1. The molecule has 0 atom stereocenters. The van der Waals surface area contributed by atoms with Gasteiger partial charge in [-0.3, -0.25) is 15.0 Å². The largest absolute Gasteiger partial charge is 0.444 e. The highest BCUT2D eigenvalue weighted by molar-refractivity contribution is 5.68. The van der Waals surface area contributed by atoms with E-state index in [1.807, 2.05) is 45.0 Å². The molecule has 1 aromatic carbocycles. The van der Waals surface area contributed by atoms with Crippen LogP contribution in [0.25, 0.3) is 0 Å². The van der Waals surface area contributed by atoms with Gasteiger partial charge in [-0.1, -0.05) is 12.1 Å². The molecule has 2 heterocycles. The number of hydrogen-bond donors (Lipinski definition) is 2. The first kappa shape index (κ1) is 22.5.